The second-order valence-corrected chi connectivity index (χ2v) is 1.54. The molecular weight excluding hydrogens is 122 g/mol. The summed E-state index contributed by atoms with van der Waals surface area (Å²) in [5, 5.41) is 0. The molecule has 35 valence electrons. The molecule has 6 heavy (non-hydrogen) atoms. The van der Waals surface area contributed by atoms with Gasteiger partial charge in [-0.15, -0.1) is 0 Å². The van der Waals surface area contributed by atoms with Gasteiger partial charge in [-0.1, -0.05) is 0 Å². The highest BCUT2D eigenvalue weighted by Crippen LogP contribution is 2.25. The third-order valence-electron chi connectivity index (χ3n) is 0. The Balaban J connectivity index is 0. The topological polar surface area (TPSA) is 77.8 Å². The smallest absolute Gasteiger partial charge is 0.303 e. The SMILES string of the molecule is O=P(O)(O)O.[Al]. The maximum absolute atomic E-state index is 8.88. The Kier molecular flexibility index (Phi) is 4.51. The summed E-state index contributed by atoms with van der Waals surface area (Å²) in [5.41, 5.74) is 0. The van der Waals surface area contributed by atoms with Crippen LogP contribution in [0.15, 0.2) is 0 Å². The number of hydrogen-bond donors (Lipinski definition) is 3. The van der Waals surface area contributed by atoms with Gasteiger partial charge in [-0.05, 0) is 0 Å². The predicted octanol–water partition coefficient (Wildman–Crippen LogP) is -1.31. The first-order valence-electron chi connectivity index (χ1n) is 0.783. The first-order chi connectivity index (χ1) is 2.00. The molecule has 0 unspecified atom stereocenters. The van der Waals surface area contributed by atoms with Gasteiger partial charge in [0.2, 0.25) is 0 Å². The molecule has 0 aliphatic heterocycles. The van der Waals surface area contributed by atoms with Crippen LogP contribution < -0.4 is 0 Å². The van der Waals surface area contributed by atoms with Gasteiger partial charge in [-0.2, -0.15) is 0 Å². The Hall–Kier alpha value is 0.642. The molecular formula is H3AlO4P. The predicted molar refractivity (Wildman–Crippen MR) is 20.0 cm³/mol. The van der Waals surface area contributed by atoms with E-state index in [1.165, 1.54) is 0 Å². The lowest BCUT2D eigenvalue weighted by atomic mass is 15.8. The van der Waals surface area contributed by atoms with Crippen molar-refractivity contribution in [2.45, 2.75) is 0 Å². The van der Waals surface area contributed by atoms with Crippen LogP contribution in [0.5, 0.6) is 0 Å². The van der Waals surface area contributed by atoms with Crippen molar-refractivity contribution in [2.75, 3.05) is 0 Å². The van der Waals surface area contributed by atoms with Crippen molar-refractivity contribution >= 4 is 25.2 Å². The number of hydrogen-bond acceptors (Lipinski definition) is 1. The van der Waals surface area contributed by atoms with Gasteiger partial charge in [0.15, 0.2) is 0 Å². The van der Waals surface area contributed by atoms with Crippen LogP contribution >= 0.6 is 7.82 Å². The van der Waals surface area contributed by atoms with Crippen LogP contribution in [0.25, 0.3) is 0 Å². The van der Waals surface area contributed by atoms with E-state index in [-0.39, 0.29) is 17.4 Å². The zero-order valence-corrected chi connectivity index (χ0v) is 4.82. The maximum Gasteiger partial charge on any atom is 0.466 e. The van der Waals surface area contributed by atoms with Gasteiger partial charge in [0.1, 0.15) is 0 Å². The third kappa shape index (κ3) is 149. The number of phosphoric acid groups is 1. The Morgan fingerprint density at radius 3 is 1.17 bits per heavy atom. The van der Waals surface area contributed by atoms with Crippen molar-refractivity contribution < 1.29 is 19.2 Å². The minimum absolute atomic E-state index is 0. The monoisotopic (exact) mass is 125 g/mol. The van der Waals surface area contributed by atoms with E-state index >= 15 is 0 Å². The van der Waals surface area contributed by atoms with Crippen molar-refractivity contribution in [1.29, 1.82) is 0 Å². The molecule has 0 atom stereocenters. The van der Waals surface area contributed by atoms with Crippen molar-refractivity contribution in [3.8, 4) is 0 Å². The van der Waals surface area contributed by atoms with Gasteiger partial charge in [0.25, 0.3) is 0 Å². The average Bonchev–Trinajstić information content (AvgIpc) is 0.722. The third-order valence-corrected chi connectivity index (χ3v) is 0. The largest absolute Gasteiger partial charge is 0.466 e. The van der Waals surface area contributed by atoms with Crippen LogP contribution in [0.3, 0.4) is 0 Å². The van der Waals surface area contributed by atoms with E-state index in [2.05, 4.69) is 0 Å². The Morgan fingerprint density at radius 1 is 1.17 bits per heavy atom. The molecule has 0 saturated carbocycles. The average molecular weight is 125 g/mol. The molecule has 0 amide bonds. The lowest BCUT2D eigenvalue weighted by Gasteiger charge is -1.82. The minimum Gasteiger partial charge on any atom is -0.303 e. The van der Waals surface area contributed by atoms with Crippen LogP contribution in [0.1, 0.15) is 0 Å². The standard InChI is InChI=1S/Al.H3O4P/c;1-5(2,3)4/h;(H3,1,2,3,4). The van der Waals surface area contributed by atoms with Crippen molar-refractivity contribution in [1.82, 2.24) is 0 Å². The molecule has 0 aromatic rings. The summed E-state index contributed by atoms with van der Waals surface area (Å²) in [6.45, 7) is 0. The molecule has 3 N–H and O–H groups in total. The molecule has 0 saturated heterocycles. The lowest BCUT2D eigenvalue weighted by molar-refractivity contribution is 0.275. The lowest BCUT2D eigenvalue weighted by Crippen LogP contribution is -1.66. The summed E-state index contributed by atoms with van der Waals surface area (Å²) < 4.78 is 8.88. The van der Waals surface area contributed by atoms with Gasteiger partial charge >= 0.3 is 7.82 Å². The normalized spacial score (nSPS) is 9.83. The second kappa shape index (κ2) is 2.76. The van der Waals surface area contributed by atoms with Crippen LogP contribution in [0.2, 0.25) is 0 Å². The first kappa shape index (κ1) is 9.81. The zero-order valence-electron chi connectivity index (χ0n) is 2.77. The fraction of sp³-hybridized carbons (Fsp3) is 0. The van der Waals surface area contributed by atoms with Gasteiger partial charge in [-0.3, -0.25) is 0 Å². The highest BCUT2D eigenvalue weighted by Gasteiger charge is 2.00. The van der Waals surface area contributed by atoms with Gasteiger partial charge in [-0.25, -0.2) is 4.57 Å². The van der Waals surface area contributed by atoms with Gasteiger partial charge in [0, 0.05) is 17.4 Å². The summed E-state index contributed by atoms with van der Waals surface area (Å²) in [6, 6.07) is 0. The first-order valence-corrected chi connectivity index (χ1v) is 2.35. The highest BCUT2D eigenvalue weighted by molar-refractivity contribution is 7.45. The van der Waals surface area contributed by atoms with Gasteiger partial charge < -0.3 is 14.7 Å². The van der Waals surface area contributed by atoms with Crippen LogP contribution in [-0.2, 0) is 4.57 Å². The summed E-state index contributed by atoms with van der Waals surface area (Å²) in [4.78, 5) is 21.6. The summed E-state index contributed by atoms with van der Waals surface area (Å²) in [7, 11) is -4.64. The molecule has 4 nitrogen and oxygen atoms in total. The zero-order chi connectivity index (χ0) is 4.50. The molecule has 0 aromatic heterocycles. The molecule has 0 fully saturated rings. The molecule has 3 radical (unpaired) electrons. The summed E-state index contributed by atoms with van der Waals surface area (Å²) >= 11 is 0. The van der Waals surface area contributed by atoms with Crippen molar-refractivity contribution in [2.24, 2.45) is 0 Å². The van der Waals surface area contributed by atoms with Crippen molar-refractivity contribution in [3.63, 3.8) is 0 Å². The molecule has 0 aromatic carbocycles. The van der Waals surface area contributed by atoms with E-state index in [1.54, 1.807) is 0 Å². The van der Waals surface area contributed by atoms with E-state index in [9.17, 15) is 0 Å². The summed E-state index contributed by atoms with van der Waals surface area (Å²) in [5.74, 6) is 0. The molecule has 0 heterocycles. The molecule has 0 rings (SSSR count). The molecule has 6 heteroatoms. The van der Waals surface area contributed by atoms with Gasteiger partial charge in [0.05, 0.1) is 0 Å². The van der Waals surface area contributed by atoms with Crippen molar-refractivity contribution in [3.05, 3.63) is 0 Å². The highest BCUT2D eigenvalue weighted by atomic mass is 31.2. The molecule has 0 spiro atoms. The fourth-order valence-corrected chi connectivity index (χ4v) is 0. The quantitative estimate of drug-likeness (QED) is 0.277. The van der Waals surface area contributed by atoms with E-state index < -0.39 is 7.82 Å². The van der Waals surface area contributed by atoms with E-state index in [4.69, 9.17) is 19.2 Å². The Bertz CT molecular complexity index is 53.7. The second-order valence-electron chi connectivity index (χ2n) is 0.513. The minimum atomic E-state index is -4.64. The molecule has 0 bridgehead atoms. The van der Waals surface area contributed by atoms with Crippen LogP contribution in [-0.4, -0.2) is 32.0 Å². The Morgan fingerprint density at radius 2 is 1.17 bits per heavy atom. The number of rotatable bonds is 0. The van der Waals surface area contributed by atoms with Crippen LogP contribution in [0, 0.1) is 0 Å². The maximum atomic E-state index is 8.88. The molecule has 0 aliphatic rings. The van der Waals surface area contributed by atoms with E-state index in [0.29, 0.717) is 0 Å². The van der Waals surface area contributed by atoms with E-state index in [1.807, 2.05) is 0 Å². The summed E-state index contributed by atoms with van der Waals surface area (Å²) in [6.07, 6.45) is 0. The van der Waals surface area contributed by atoms with Crippen LogP contribution in [0.4, 0.5) is 0 Å². The van der Waals surface area contributed by atoms with E-state index in [0.717, 1.165) is 0 Å². The fourth-order valence-electron chi connectivity index (χ4n) is 0. The Labute approximate surface area is 45.2 Å². The molecule has 0 aliphatic carbocycles.